The quantitative estimate of drug-likeness (QED) is 0.149. The van der Waals surface area contributed by atoms with E-state index in [0.717, 1.165) is 116 Å². The second-order valence-electron chi connectivity index (χ2n) is 17.9. The number of rotatable bonds is 7. The number of hydrogen-bond donors (Lipinski definition) is 0. The zero-order chi connectivity index (χ0) is 47.0. The molecule has 71 heavy (non-hydrogen) atoms. The lowest BCUT2D eigenvalue weighted by atomic mass is 10.0. The molecule has 10 aromatic carbocycles. The highest BCUT2D eigenvalue weighted by Crippen LogP contribution is 2.44. The maximum atomic E-state index is 10.6. The van der Waals surface area contributed by atoms with Gasteiger partial charge in [0.05, 0.1) is 56.2 Å². The molecule has 0 fully saturated rings. The summed E-state index contributed by atoms with van der Waals surface area (Å²) >= 11 is 0. The van der Waals surface area contributed by atoms with Gasteiger partial charge in [-0.3, -0.25) is 0 Å². The Morgan fingerprint density at radius 3 is 1.80 bits per heavy atom. The van der Waals surface area contributed by atoms with Crippen molar-refractivity contribution in [2.75, 3.05) is 0 Å². The normalized spacial score (nSPS) is 11.6. The largest absolute Gasteiger partial charge is 0.454 e. The Labute approximate surface area is 407 Å². The van der Waals surface area contributed by atoms with Crippen molar-refractivity contribution in [1.82, 2.24) is 19.1 Å². The van der Waals surface area contributed by atoms with Crippen LogP contribution in [0.2, 0.25) is 0 Å². The molecule has 0 aliphatic heterocycles. The van der Waals surface area contributed by atoms with E-state index in [1.807, 2.05) is 42.7 Å². The van der Waals surface area contributed by atoms with Gasteiger partial charge in [-0.2, -0.15) is 9.83 Å². The predicted molar refractivity (Wildman–Crippen MR) is 286 cm³/mol. The average Bonchev–Trinajstić information content (AvgIpc) is 4.11. The van der Waals surface area contributed by atoms with Gasteiger partial charge in [-0.05, 0) is 95.1 Å². The van der Waals surface area contributed by atoms with Gasteiger partial charge in [-0.15, -0.1) is 0 Å². The van der Waals surface area contributed by atoms with Gasteiger partial charge in [0.25, 0.3) is 5.82 Å². The van der Waals surface area contributed by atoms with Crippen molar-refractivity contribution in [3.63, 3.8) is 0 Å². The summed E-state index contributed by atoms with van der Waals surface area (Å²) in [5.74, 6) is 1.26. The third kappa shape index (κ3) is 6.40. The highest BCUT2D eigenvalue weighted by molar-refractivity contribution is 6.26. The molecule has 14 aromatic rings. The fourth-order valence-corrected chi connectivity index (χ4v) is 10.7. The van der Waals surface area contributed by atoms with E-state index < -0.39 is 0 Å². The average molecular weight is 908 g/mol. The molecule has 0 saturated carbocycles. The van der Waals surface area contributed by atoms with Crippen LogP contribution in [0.3, 0.4) is 0 Å². The number of furan rings is 1. The second kappa shape index (κ2) is 16.1. The van der Waals surface area contributed by atoms with Crippen LogP contribution in [0.5, 0.6) is 0 Å². The molecule has 7 heteroatoms. The van der Waals surface area contributed by atoms with E-state index in [0.29, 0.717) is 17.2 Å². The van der Waals surface area contributed by atoms with Crippen LogP contribution in [0.25, 0.3) is 128 Å². The Bertz CT molecular complexity index is 4480. The number of aromatic nitrogens is 5. The molecule has 4 heterocycles. The Balaban J connectivity index is 1.06. The van der Waals surface area contributed by atoms with Crippen molar-refractivity contribution in [1.29, 1.82) is 5.26 Å². The molecule has 0 aliphatic rings. The summed E-state index contributed by atoms with van der Waals surface area (Å²) in [5.41, 5.74) is 15.1. The maximum absolute atomic E-state index is 10.6. The van der Waals surface area contributed by atoms with E-state index in [-0.39, 0.29) is 0 Å². The maximum Gasteiger partial charge on any atom is 0.307 e. The summed E-state index contributed by atoms with van der Waals surface area (Å²) in [6.07, 6.45) is 1.87. The fraction of sp³-hybridized carbons (Fsp3) is 0. The first-order valence-electron chi connectivity index (χ1n) is 23.7. The minimum absolute atomic E-state index is 0.515. The summed E-state index contributed by atoms with van der Waals surface area (Å²) in [5, 5.41) is 17.2. The van der Waals surface area contributed by atoms with Gasteiger partial charge >= 0.3 is 5.82 Å². The van der Waals surface area contributed by atoms with Crippen molar-refractivity contribution >= 4 is 65.6 Å². The number of nitriles is 1. The summed E-state index contributed by atoms with van der Waals surface area (Å²) in [6.45, 7) is 0. The monoisotopic (exact) mass is 907 g/mol. The van der Waals surface area contributed by atoms with Crippen LogP contribution in [0, 0.1) is 11.3 Å². The molecule has 0 amide bonds. The number of nitrogens with zero attached hydrogens (tertiary/aromatic N) is 6. The molecular weight excluding hydrogens is 869 g/mol. The Morgan fingerprint density at radius 2 is 1.04 bits per heavy atom. The lowest BCUT2D eigenvalue weighted by Gasteiger charge is -2.16. The smallest absolute Gasteiger partial charge is 0.307 e. The van der Waals surface area contributed by atoms with Crippen molar-refractivity contribution in [3.8, 4) is 68.2 Å². The highest BCUT2D eigenvalue weighted by Gasteiger charge is 2.28. The molecule has 0 N–H and O–H groups in total. The van der Waals surface area contributed by atoms with Crippen molar-refractivity contribution in [2.45, 2.75) is 0 Å². The van der Waals surface area contributed by atoms with Gasteiger partial charge in [0, 0.05) is 32.3 Å². The van der Waals surface area contributed by atoms with Crippen molar-refractivity contribution < 1.29 is 8.98 Å². The zero-order valence-corrected chi connectivity index (χ0v) is 38.1. The van der Waals surface area contributed by atoms with Crippen LogP contribution >= 0.6 is 0 Å². The second-order valence-corrected chi connectivity index (χ2v) is 17.9. The summed E-state index contributed by atoms with van der Waals surface area (Å²) < 4.78 is 13.5. The first kappa shape index (κ1) is 40.2. The van der Waals surface area contributed by atoms with Gasteiger partial charge < -0.3 is 13.6 Å². The molecule has 14 rings (SSSR count). The minimum Gasteiger partial charge on any atom is -0.454 e. The number of fused-ring (bicyclic) bond motifs is 10. The number of hydrogen-bond acceptors (Lipinski definition) is 4. The van der Waals surface area contributed by atoms with Crippen LogP contribution in [0.4, 0.5) is 0 Å². The molecule has 0 atom stereocenters. The third-order valence-corrected chi connectivity index (χ3v) is 13.9. The van der Waals surface area contributed by atoms with E-state index in [1.54, 1.807) is 0 Å². The number of benzene rings is 10. The van der Waals surface area contributed by atoms with E-state index in [2.05, 4.69) is 214 Å². The van der Waals surface area contributed by atoms with Crippen LogP contribution in [-0.2, 0) is 0 Å². The van der Waals surface area contributed by atoms with Gasteiger partial charge in [0.2, 0.25) is 6.33 Å². The van der Waals surface area contributed by atoms with Crippen LogP contribution < -0.4 is 4.57 Å². The first-order valence-corrected chi connectivity index (χ1v) is 23.7. The van der Waals surface area contributed by atoms with E-state index in [4.69, 9.17) is 14.4 Å². The Morgan fingerprint density at radius 1 is 0.437 bits per heavy atom. The summed E-state index contributed by atoms with van der Waals surface area (Å²) in [6, 6.07) is 82.4. The van der Waals surface area contributed by atoms with Crippen molar-refractivity contribution in [2.24, 2.45) is 0 Å². The highest BCUT2D eigenvalue weighted by atomic mass is 16.3. The summed E-state index contributed by atoms with van der Waals surface area (Å²) in [7, 11) is 0. The molecule has 0 saturated heterocycles. The first-order chi connectivity index (χ1) is 35.2. The molecule has 0 radical (unpaired) electrons. The predicted octanol–water partition coefficient (Wildman–Crippen LogP) is 15.4. The van der Waals surface area contributed by atoms with Crippen LogP contribution in [-0.4, -0.2) is 19.1 Å². The fourth-order valence-electron chi connectivity index (χ4n) is 10.7. The molecule has 0 bridgehead atoms. The summed E-state index contributed by atoms with van der Waals surface area (Å²) in [4.78, 5) is 10.6. The van der Waals surface area contributed by atoms with Gasteiger partial charge in [0.1, 0.15) is 11.3 Å². The standard InChI is InChI=1S/C64H39N6O/c65-39-41-32-34-55(58(36-41)68-40-66-63(46-22-13-20-44(37-46)42-16-3-1-4-17-42)67-64(68)47-23-14-21-45(38-47)43-18-5-2-6-19-43)70-53-28-10-7-24-48(53)50-33-35-56-60(61(50)70)52-26-8-11-29-54(52)69(56)57-30-15-27-51-49-25-9-12-31-59(49)71-62(51)57/h1-38,40H/q+1. The number of para-hydroxylation sites is 4. The SMILES string of the molecule is N#Cc1ccc(-n2c3ccccc3c3ccc4c(c5ccccc5n4-c4cccc5c4oc4ccccc45)c32)c(-[n+]2cnc(-c3cccc(-c4ccccc4)c3)nc2-c2cccc(-c3ccccc3)c2)c1. The molecule has 4 aromatic heterocycles. The molecule has 330 valence electrons. The van der Waals surface area contributed by atoms with Crippen LogP contribution in [0.1, 0.15) is 5.56 Å². The van der Waals surface area contributed by atoms with Gasteiger partial charge in [0.15, 0.2) is 5.58 Å². The lowest BCUT2D eigenvalue weighted by molar-refractivity contribution is -0.590. The topological polar surface area (TPSA) is 76.5 Å². The Hall–Kier alpha value is -9.90. The van der Waals surface area contributed by atoms with Crippen LogP contribution in [0.15, 0.2) is 241 Å². The third-order valence-electron chi connectivity index (χ3n) is 13.9. The molecule has 7 nitrogen and oxygen atoms in total. The minimum atomic E-state index is 0.515. The Kier molecular flexibility index (Phi) is 9.13. The molecular formula is C64H39N6O+. The lowest BCUT2D eigenvalue weighted by Crippen LogP contribution is -2.37. The zero-order valence-electron chi connectivity index (χ0n) is 38.1. The van der Waals surface area contributed by atoms with Crippen molar-refractivity contribution in [3.05, 3.63) is 242 Å². The molecule has 0 aliphatic carbocycles. The molecule has 0 unspecified atom stereocenters. The van der Waals surface area contributed by atoms with Gasteiger partial charge in [-0.25, -0.2) is 0 Å². The van der Waals surface area contributed by atoms with E-state index in [9.17, 15) is 5.26 Å². The van der Waals surface area contributed by atoms with Gasteiger partial charge in [-0.1, -0.05) is 168 Å². The van der Waals surface area contributed by atoms with E-state index in [1.165, 1.54) is 0 Å². The molecule has 0 spiro atoms. The van der Waals surface area contributed by atoms with E-state index >= 15 is 0 Å².